The molecule has 0 unspecified atom stereocenters. The summed E-state index contributed by atoms with van der Waals surface area (Å²) in [5.41, 5.74) is 4.10. The molecule has 1 aromatic carbocycles. The van der Waals surface area contributed by atoms with E-state index < -0.39 is 0 Å². The van der Waals surface area contributed by atoms with Crippen molar-refractivity contribution in [3.8, 4) is 5.82 Å². The van der Waals surface area contributed by atoms with Gasteiger partial charge < -0.3 is 10.3 Å². The molecule has 0 aliphatic heterocycles. The monoisotopic (exact) mass is 347 g/mol. The molecule has 0 radical (unpaired) electrons. The molecule has 0 saturated carbocycles. The maximum absolute atomic E-state index is 4.60. The number of aryl methyl sites for hydroxylation is 3. The van der Waals surface area contributed by atoms with E-state index in [2.05, 4.69) is 30.4 Å². The largest absolute Gasteiger partial charge is 0.369 e. The Labute approximate surface area is 151 Å². The second-order valence-corrected chi connectivity index (χ2v) is 6.33. The first-order valence-electron chi connectivity index (χ1n) is 8.72. The molecular weight excluding hydrogens is 326 g/mol. The predicted molar refractivity (Wildman–Crippen MR) is 102 cm³/mol. The van der Waals surface area contributed by atoms with Gasteiger partial charge in [-0.1, -0.05) is 12.1 Å². The number of imidazole rings is 1. The van der Waals surface area contributed by atoms with E-state index in [-0.39, 0.29) is 0 Å². The van der Waals surface area contributed by atoms with Crippen molar-refractivity contribution in [1.29, 1.82) is 0 Å². The van der Waals surface area contributed by atoms with Crippen LogP contribution in [-0.2, 0) is 6.42 Å². The van der Waals surface area contributed by atoms with Crippen molar-refractivity contribution >= 4 is 16.9 Å². The highest BCUT2D eigenvalue weighted by molar-refractivity contribution is 5.74. The zero-order chi connectivity index (χ0) is 17.9. The van der Waals surface area contributed by atoms with E-state index in [4.69, 9.17) is 0 Å². The van der Waals surface area contributed by atoms with Crippen molar-refractivity contribution in [2.75, 3.05) is 11.9 Å². The van der Waals surface area contributed by atoms with Gasteiger partial charge in [0, 0.05) is 18.7 Å². The van der Waals surface area contributed by atoms with Crippen LogP contribution in [0.3, 0.4) is 0 Å². The van der Waals surface area contributed by atoms with Crippen LogP contribution in [0, 0.1) is 13.8 Å². The van der Waals surface area contributed by atoms with Crippen LogP contribution >= 0.6 is 0 Å². The van der Waals surface area contributed by atoms with E-state index >= 15 is 0 Å². The Balaban J connectivity index is 1.36. The van der Waals surface area contributed by atoms with Crippen LogP contribution in [0.2, 0.25) is 0 Å². The van der Waals surface area contributed by atoms with E-state index in [0.29, 0.717) is 0 Å². The van der Waals surface area contributed by atoms with Crippen molar-refractivity contribution in [1.82, 2.24) is 29.7 Å². The van der Waals surface area contributed by atoms with Crippen molar-refractivity contribution in [3.05, 3.63) is 59.9 Å². The lowest BCUT2D eigenvalue weighted by Crippen LogP contribution is -2.09. The van der Waals surface area contributed by atoms with Crippen LogP contribution in [0.4, 0.5) is 5.82 Å². The zero-order valence-corrected chi connectivity index (χ0v) is 14.9. The van der Waals surface area contributed by atoms with Gasteiger partial charge in [-0.2, -0.15) is 5.10 Å². The number of nitrogens with one attached hydrogen (secondary N) is 2. The molecule has 3 heterocycles. The standard InChI is InChI=1S/C19H21N7/c1-13-10-14(2)26(25-13)19-12-20-11-18(24-19)21-9-5-8-17-22-15-6-3-4-7-16(15)23-17/h3-4,6-7,10-12H,5,8-9H2,1-2H3,(H,21,24)(H,22,23). The lowest BCUT2D eigenvalue weighted by atomic mass is 10.3. The average molecular weight is 347 g/mol. The number of para-hydroxylation sites is 2. The third-order valence-electron chi connectivity index (χ3n) is 4.18. The number of aromatic nitrogens is 6. The van der Waals surface area contributed by atoms with Gasteiger partial charge in [0.2, 0.25) is 0 Å². The van der Waals surface area contributed by atoms with Gasteiger partial charge in [0.15, 0.2) is 5.82 Å². The van der Waals surface area contributed by atoms with Gasteiger partial charge in [0.25, 0.3) is 0 Å². The summed E-state index contributed by atoms with van der Waals surface area (Å²) >= 11 is 0. The second kappa shape index (κ2) is 6.95. The molecule has 26 heavy (non-hydrogen) atoms. The highest BCUT2D eigenvalue weighted by Gasteiger charge is 2.07. The Morgan fingerprint density at radius 2 is 2.00 bits per heavy atom. The number of benzene rings is 1. The van der Waals surface area contributed by atoms with Gasteiger partial charge in [-0.15, -0.1) is 0 Å². The first kappa shape index (κ1) is 16.3. The third-order valence-corrected chi connectivity index (χ3v) is 4.18. The lowest BCUT2D eigenvalue weighted by Gasteiger charge is -2.07. The van der Waals surface area contributed by atoms with Crippen LogP contribution in [0.25, 0.3) is 16.9 Å². The number of hydrogen-bond donors (Lipinski definition) is 2. The van der Waals surface area contributed by atoms with Crippen molar-refractivity contribution in [2.24, 2.45) is 0 Å². The van der Waals surface area contributed by atoms with E-state index in [9.17, 15) is 0 Å². The molecule has 0 spiro atoms. The molecule has 0 aliphatic rings. The van der Waals surface area contributed by atoms with Crippen LogP contribution < -0.4 is 5.32 Å². The van der Waals surface area contributed by atoms with Gasteiger partial charge in [-0.3, -0.25) is 4.98 Å². The quantitative estimate of drug-likeness (QED) is 0.523. The molecule has 4 rings (SSSR count). The van der Waals surface area contributed by atoms with Crippen molar-refractivity contribution in [3.63, 3.8) is 0 Å². The first-order valence-corrected chi connectivity index (χ1v) is 8.72. The Kier molecular flexibility index (Phi) is 4.35. The highest BCUT2D eigenvalue weighted by Crippen LogP contribution is 2.13. The normalized spacial score (nSPS) is 11.2. The maximum Gasteiger partial charge on any atom is 0.174 e. The fraction of sp³-hybridized carbons (Fsp3) is 0.263. The summed E-state index contributed by atoms with van der Waals surface area (Å²) in [5, 5.41) is 7.78. The molecular formula is C19H21N7. The molecule has 0 saturated heterocycles. The minimum atomic E-state index is 0.720. The molecule has 3 aromatic heterocycles. The highest BCUT2D eigenvalue weighted by atomic mass is 15.3. The SMILES string of the molecule is Cc1cc(C)n(-c2cncc(NCCCc3nc4ccccc4[nH]3)n2)n1. The van der Waals surface area contributed by atoms with Gasteiger partial charge >= 0.3 is 0 Å². The zero-order valence-electron chi connectivity index (χ0n) is 14.9. The topological polar surface area (TPSA) is 84.3 Å². The summed E-state index contributed by atoms with van der Waals surface area (Å²) in [6, 6.07) is 10.1. The minimum absolute atomic E-state index is 0.720. The Morgan fingerprint density at radius 1 is 1.12 bits per heavy atom. The maximum atomic E-state index is 4.60. The fourth-order valence-electron chi connectivity index (χ4n) is 3.00. The van der Waals surface area contributed by atoms with E-state index in [1.54, 1.807) is 12.4 Å². The Bertz CT molecular complexity index is 998. The summed E-state index contributed by atoms with van der Waals surface area (Å²) in [6.45, 7) is 4.78. The van der Waals surface area contributed by atoms with Gasteiger partial charge in [0.1, 0.15) is 11.6 Å². The van der Waals surface area contributed by atoms with Crippen LogP contribution in [0.5, 0.6) is 0 Å². The number of rotatable bonds is 6. The number of fused-ring (bicyclic) bond motifs is 1. The Hall–Kier alpha value is -3.22. The first-order chi connectivity index (χ1) is 12.7. The number of aromatic amines is 1. The molecule has 0 atom stereocenters. The van der Waals surface area contributed by atoms with Gasteiger partial charge in [-0.05, 0) is 38.5 Å². The molecule has 0 aliphatic carbocycles. The molecule has 7 heteroatoms. The summed E-state index contributed by atoms with van der Waals surface area (Å²) in [4.78, 5) is 16.8. The predicted octanol–water partition coefficient (Wildman–Crippen LogP) is 3.20. The van der Waals surface area contributed by atoms with Gasteiger partial charge in [0.05, 0.1) is 29.1 Å². The van der Waals surface area contributed by atoms with Crippen molar-refractivity contribution in [2.45, 2.75) is 26.7 Å². The van der Waals surface area contributed by atoms with E-state index in [1.807, 2.05) is 48.9 Å². The summed E-state index contributed by atoms with van der Waals surface area (Å²) in [7, 11) is 0. The van der Waals surface area contributed by atoms with E-state index in [1.165, 1.54) is 0 Å². The van der Waals surface area contributed by atoms with Crippen LogP contribution in [-0.4, -0.2) is 36.3 Å². The second-order valence-electron chi connectivity index (χ2n) is 6.33. The molecule has 0 bridgehead atoms. The van der Waals surface area contributed by atoms with Crippen LogP contribution in [0.15, 0.2) is 42.7 Å². The third kappa shape index (κ3) is 3.42. The summed E-state index contributed by atoms with van der Waals surface area (Å²) < 4.78 is 1.81. The number of nitrogens with zero attached hydrogens (tertiary/aromatic N) is 5. The molecule has 0 amide bonds. The van der Waals surface area contributed by atoms with Crippen molar-refractivity contribution < 1.29 is 0 Å². The number of hydrogen-bond acceptors (Lipinski definition) is 5. The lowest BCUT2D eigenvalue weighted by molar-refractivity contribution is 0.791. The van der Waals surface area contributed by atoms with Gasteiger partial charge in [-0.25, -0.2) is 14.6 Å². The summed E-state index contributed by atoms with van der Waals surface area (Å²) in [5.74, 6) is 2.48. The fourth-order valence-corrected chi connectivity index (χ4v) is 3.00. The smallest absolute Gasteiger partial charge is 0.174 e. The number of H-pyrrole nitrogens is 1. The number of anilines is 1. The molecule has 4 aromatic rings. The molecule has 132 valence electrons. The van der Waals surface area contributed by atoms with Crippen LogP contribution in [0.1, 0.15) is 23.6 Å². The molecule has 0 fully saturated rings. The minimum Gasteiger partial charge on any atom is -0.369 e. The Morgan fingerprint density at radius 3 is 2.81 bits per heavy atom. The molecule has 7 nitrogen and oxygen atoms in total. The summed E-state index contributed by atoms with van der Waals surface area (Å²) in [6.07, 6.45) is 5.29. The van der Waals surface area contributed by atoms with E-state index in [0.717, 1.165) is 59.3 Å². The average Bonchev–Trinajstić information content (AvgIpc) is 3.21. The molecule has 2 N–H and O–H groups in total.